The van der Waals surface area contributed by atoms with E-state index in [-0.39, 0.29) is 12.5 Å². The molecule has 1 aromatic carbocycles. The summed E-state index contributed by atoms with van der Waals surface area (Å²) >= 11 is 6.19. The first-order valence-corrected chi connectivity index (χ1v) is 10.5. The smallest absolute Gasteiger partial charge is 0.264 e. The second-order valence-corrected chi connectivity index (χ2v) is 7.93. The van der Waals surface area contributed by atoms with Gasteiger partial charge in [-0.2, -0.15) is 8.42 Å². The molecule has 2 aromatic rings. The van der Waals surface area contributed by atoms with Gasteiger partial charge in [-0.15, -0.1) is 0 Å². The van der Waals surface area contributed by atoms with Gasteiger partial charge in [-0.3, -0.25) is 4.18 Å². The molecule has 0 N–H and O–H groups in total. The van der Waals surface area contributed by atoms with E-state index in [1.54, 1.807) is 30.5 Å². The molecular weight excluding hydrogens is 390 g/mol. The number of nitrogens with zero attached hydrogens (tertiary/aromatic N) is 1. The predicted molar refractivity (Wildman–Crippen MR) is 106 cm³/mol. The third kappa shape index (κ3) is 7.58. The summed E-state index contributed by atoms with van der Waals surface area (Å²) in [6.07, 6.45) is 6.38. The van der Waals surface area contributed by atoms with Gasteiger partial charge in [0.05, 0.1) is 24.5 Å². The van der Waals surface area contributed by atoms with Crippen LogP contribution in [0.4, 0.5) is 0 Å². The van der Waals surface area contributed by atoms with Crippen LogP contribution in [0.15, 0.2) is 42.6 Å². The number of hydrogen-bond donors (Lipinski definition) is 0. The van der Waals surface area contributed by atoms with Crippen molar-refractivity contribution in [2.75, 3.05) is 19.5 Å². The Hall–Kier alpha value is -2.09. The van der Waals surface area contributed by atoms with E-state index < -0.39 is 10.1 Å². The molecular formula is C19H22ClNO5S. The molecule has 146 valence electrons. The van der Waals surface area contributed by atoms with Gasteiger partial charge < -0.3 is 9.47 Å². The highest BCUT2D eigenvalue weighted by Crippen LogP contribution is 2.31. The molecule has 0 spiro atoms. The van der Waals surface area contributed by atoms with Gasteiger partial charge in [-0.25, -0.2) is 4.98 Å². The van der Waals surface area contributed by atoms with Crippen molar-refractivity contribution in [3.63, 3.8) is 0 Å². The number of pyridine rings is 1. The minimum atomic E-state index is -3.43. The van der Waals surface area contributed by atoms with Crippen molar-refractivity contribution in [2.24, 2.45) is 5.92 Å². The summed E-state index contributed by atoms with van der Waals surface area (Å²) in [6.45, 7) is 4.42. The van der Waals surface area contributed by atoms with Gasteiger partial charge in [0.1, 0.15) is 11.5 Å². The highest BCUT2D eigenvalue weighted by atomic mass is 35.5. The van der Waals surface area contributed by atoms with E-state index in [0.29, 0.717) is 29.0 Å². The molecule has 0 aliphatic heterocycles. The molecule has 0 radical (unpaired) electrons. The zero-order valence-corrected chi connectivity index (χ0v) is 17.0. The molecule has 0 aliphatic carbocycles. The number of aromatic nitrogens is 1. The van der Waals surface area contributed by atoms with Crippen molar-refractivity contribution in [1.29, 1.82) is 0 Å². The lowest BCUT2D eigenvalue weighted by Crippen LogP contribution is -2.09. The van der Waals surface area contributed by atoms with Gasteiger partial charge in [-0.1, -0.05) is 30.7 Å². The molecule has 8 heteroatoms. The Bertz CT molecular complexity index is 881. The number of ether oxygens (including phenoxy) is 2. The lowest BCUT2D eigenvalue weighted by Gasteiger charge is -2.09. The molecule has 27 heavy (non-hydrogen) atoms. The predicted octanol–water partition coefficient (Wildman–Crippen LogP) is 4.55. The van der Waals surface area contributed by atoms with Crippen LogP contribution >= 0.6 is 11.6 Å². The molecule has 0 aliphatic rings. The summed E-state index contributed by atoms with van der Waals surface area (Å²) in [4.78, 5) is 4.25. The Labute approximate surface area is 164 Å². The first-order chi connectivity index (χ1) is 12.8. The van der Waals surface area contributed by atoms with Crippen LogP contribution in [-0.2, 0) is 14.3 Å². The fourth-order valence-electron chi connectivity index (χ4n) is 2.05. The lowest BCUT2D eigenvalue weighted by atomic mass is 10.1. The van der Waals surface area contributed by atoms with Crippen LogP contribution in [0.5, 0.6) is 17.4 Å². The molecule has 0 bridgehead atoms. The third-order valence-corrected chi connectivity index (χ3v) is 4.21. The topological polar surface area (TPSA) is 74.7 Å². The van der Waals surface area contributed by atoms with Crippen LogP contribution in [0.2, 0.25) is 5.02 Å². The summed E-state index contributed by atoms with van der Waals surface area (Å²) < 4.78 is 37.8. The van der Waals surface area contributed by atoms with Gasteiger partial charge in [0.25, 0.3) is 10.1 Å². The highest BCUT2D eigenvalue weighted by Gasteiger charge is 2.07. The average molecular weight is 412 g/mol. The maximum atomic E-state index is 11.0. The Balaban J connectivity index is 1.96. The van der Waals surface area contributed by atoms with Crippen molar-refractivity contribution in [3.8, 4) is 17.4 Å². The van der Waals surface area contributed by atoms with E-state index >= 15 is 0 Å². The van der Waals surface area contributed by atoms with Crippen LogP contribution in [0.3, 0.4) is 0 Å². The molecule has 0 saturated heterocycles. The van der Waals surface area contributed by atoms with Gasteiger partial charge in [0, 0.05) is 18.3 Å². The van der Waals surface area contributed by atoms with Gasteiger partial charge in [-0.05, 0) is 36.6 Å². The standard InChI is InChI=1S/C19H22ClNO5S/c1-4-24-16-8-9-18(17(20)11-16)26-19-10-7-15(12-21-19)6-5-14(2)13-25-27(3,22)23/h5-12,14H,4,13H2,1-3H3. The summed E-state index contributed by atoms with van der Waals surface area (Å²) in [5.41, 5.74) is 0.853. The Morgan fingerprint density at radius 2 is 2.04 bits per heavy atom. The van der Waals surface area contributed by atoms with Crippen LogP contribution in [0, 0.1) is 5.92 Å². The molecule has 0 fully saturated rings. The number of rotatable bonds is 9. The van der Waals surface area contributed by atoms with Crippen LogP contribution in [0.25, 0.3) is 6.08 Å². The fourth-order valence-corrected chi connectivity index (χ4v) is 2.72. The SMILES string of the molecule is CCOc1ccc(Oc2ccc(C=CC(C)COS(C)(=O)=O)cn2)c(Cl)c1. The first-order valence-electron chi connectivity index (χ1n) is 8.35. The van der Waals surface area contributed by atoms with Crippen LogP contribution < -0.4 is 9.47 Å². The molecule has 6 nitrogen and oxygen atoms in total. The van der Waals surface area contributed by atoms with Gasteiger partial charge in [0.2, 0.25) is 5.88 Å². The summed E-state index contributed by atoms with van der Waals surface area (Å²) in [5.74, 6) is 1.52. The van der Waals surface area contributed by atoms with E-state index in [2.05, 4.69) is 4.98 Å². The number of halogens is 1. The van der Waals surface area contributed by atoms with Gasteiger partial charge in [0.15, 0.2) is 0 Å². The molecule has 2 rings (SSSR count). The van der Waals surface area contributed by atoms with Gasteiger partial charge >= 0.3 is 0 Å². The molecule has 0 amide bonds. The van der Waals surface area contributed by atoms with E-state index in [1.165, 1.54) is 0 Å². The second kappa shape index (κ2) is 9.73. The van der Waals surface area contributed by atoms with E-state index in [9.17, 15) is 8.42 Å². The minimum Gasteiger partial charge on any atom is -0.494 e. The van der Waals surface area contributed by atoms with Crippen molar-refractivity contribution < 1.29 is 22.1 Å². The maximum Gasteiger partial charge on any atom is 0.264 e. The zero-order chi connectivity index (χ0) is 19.9. The quantitative estimate of drug-likeness (QED) is 0.563. The van der Waals surface area contributed by atoms with E-state index in [4.69, 9.17) is 25.3 Å². The van der Waals surface area contributed by atoms with E-state index in [1.807, 2.05) is 32.1 Å². The monoisotopic (exact) mass is 411 g/mol. The summed E-state index contributed by atoms with van der Waals surface area (Å²) in [6, 6.07) is 8.76. The highest BCUT2D eigenvalue weighted by molar-refractivity contribution is 7.85. The lowest BCUT2D eigenvalue weighted by molar-refractivity contribution is 0.292. The average Bonchev–Trinajstić information content (AvgIpc) is 2.61. The largest absolute Gasteiger partial charge is 0.494 e. The molecule has 1 aromatic heterocycles. The molecule has 1 atom stereocenters. The molecule has 0 saturated carbocycles. The number of benzene rings is 1. The number of hydrogen-bond acceptors (Lipinski definition) is 6. The third-order valence-electron chi connectivity index (χ3n) is 3.35. The molecule has 1 unspecified atom stereocenters. The summed E-state index contributed by atoms with van der Waals surface area (Å²) in [7, 11) is -3.43. The fraction of sp³-hybridized carbons (Fsp3) is 0.316. The van der Waals surface area contributed by atoms with Crippen molar-refractivity contribution in [3.05, 3.63) is 53.2 Å². The van der Waals surface area contributed by atoms with Crippen molar-refractivity contribution in [1.82, 2.24) is 4.98 Å². The maximum absolute atomic E-state index is 11.0. The molecule has 1 heterocycles. The van der Waals surface area contributed by atoms with Crippen LogP contribution in [0.1, 0.15) is 19.4 Å². The zero-order valence-electron chi connectivity index (χ0n) is 15.4. The Morgan fingerprint density at radius 1 is 1.26 bits per heavy atom. The Kier molecular flexibility index (Phi) is 7.65. The van der Waals surface area contributed by atoms with Crippen molar-refractivity contribution in [2.45, 2.75) is 13.8 Å². The minimum absolute atomic E-state index is 0.0571. The normalized spacial score (nSPS) is 12.9. The second-order valence-electron chi connectivity index (χ2n) is 5.88. The first kappa shape index (κ1) is 21.2. The van der Waals surface area contributed by atoms with Crippen molar-refractivity contribution >= 4 is 27.8 Å². The van der Waals surface area contributed by atoms with E-state index in [0.717, 1.165) is 11.8 Å². The Morgan fingerprint density at radius 3 is 2.63 bits per heavy atom. The summed E-state index contributed by atoms with van der Waals surface area (Å²) in [5, 5.41) is 0.437. The van der Waals surface area contributed by atoms with Crippen LogP contribution in [-0.4, -0.2) is 32.9 Å².